The van der Waals surface area contributed by atoms with Crippen molar-refractivity contribution in [3.05, 3.63) is 35.9 Å². The Morgan fingerprint density at radius 3 is 2.71 bits per heavy atom. The van der Waals surface area contributed by atoms with E-state index in [-0.39, 0.29) is 25.2 Å². The molecule has 0 amide bonds. The van der Waals surface area contributed by atoms with Crippen molar-refractivity contribution >= 4 is 0 Å². The zero-order chi connectivity index (χ0) is 9.52. The van der Waals surface area contributed by atoms with Crippen LogP contribution in [0.4, 0.5) is 0 Å². The Labute approximate surface area is 97.8 Å². The largest absolute Gasteiger partial charge is 1.00 e. The maximum absolute atomic E-state index is 5.41. The molecule has 0 N–H and O–H groups in total. The number of rotatable bonds is 5. The van der Waals surface area contributed by atoms with Crippen LogP contribution in [0.3, 0.4) is 0 Å². The molecule has 1 rings (SSSR count). The number of hydrogen-bond donors (Lipinski definition) is 0. The van der Waals surface area contributed by atoms with Crippen molar-refractivity contribution in [2.75, 3.05) is 6.61 Å². The van der Waals surface area contributed by atoms with Crippen LogP contribution in [-0.2, 0) is 16.1 Å². The second kappa shape index (κ2) is 8.08. The van der Waals surface area contributed by atoms with Crippen LogP contribution in [0.1, 0.15) is 19.4 Å². The molecule has 72 valence electrons. The molecule has 0 saturated carbocycles. The second-order valence-electron chi connectivity index (χ2n) is 2.72. The standard InChI is InChI=1S/C11H15O2.Li/c1-3-12-10(2)13-9-11-7-5-4-6-8-11;/h4-7,10H,3,9H2,1-2H3;/q-1;+1. The molecule has 0 aliphatic heterocycles. The zero-order valence-corrected chi connectivity index (χ0v) is 9.12. The van der Waals surface area contributed by atoms with Crippen molar-refractivity contribution in [2.24, 2.45) is 0 Å². The van der Waals surface area contributed by atoms with Gasteiger partial charge in [-0.15, -0.1) is 5.56 Å². The molecular weight excluding hydrogens is 171 g/mol. The van der Waals surface area contributed by atoms with Crippen LogP contribution in [0.25, 0.3) is 0 Å². The summed E-state index contributed by atoms with van der Waals surface area (Å²) in [6.45, 7) is 5.09. The van der Waals surface area contributed by atoms with Gasteiger partial charge in [0, 0.05) is 6.61 Å². The average molecular weight is 186 g/mol. The van der Waals surface area contributed by atoms with Crippen LogP contribution in [-0.4, -0.2) is 12.9 Å². The fourth-order valence-corrected chi connectivity index (χ4v) is 1.01. The van der Waals surface area contributed by atoms with E-state index in [1.807, 2.05) is 38.1 Å². The van der Waals surface area contributed by atoms with Gasteiger partial charge in [-0.3, -0.25) is 0 Å². The van der Waals surface area contributed by atoms with Gasteiger partial charge in [0.1, 0.15) is 0 Å². The molecule has 1 aromatic carbocycles. The van der Waals surface area contributed by atoms with Gasteiger partial charge in [-0.2, -0.15) is 30.3 Å². The van der Waals surface area contributed by atoms with Gasteiger partial charge in [-0.1, -0.05) is 0 Å². The van der Waals surface area contributed by atoms with E-state index in [9.17, 15) is 0 Å². The van der Waals surface area contributed by atoms with Crippen LogP contribution in [0.5, 0.6) is 0 Å². The summed E-state index contributed by atoms with van der Waals surface area (Å²) in [5.41, 5.74) is 1.05. The molecule has 2 nitrogen and oxygen atoms in total. The van der Waals surface area contributed by atoms with Crippen molar-refractivity contribution in [2.45, 2.75) is 26.7 Å². The van der Waals surface area contributed by atoms with E-state index in [4.69, 9.17) is 9.47 Å². The van der Waals surface area contributed by atoms with Crippen molar-refractivity contribution in [1.29, 1.82) is 0 Å². The molecule has 0 aliphatic carbocycles. The first kappa shape index (κ1) is 13.7. The molecule has 0 radical (unpaired) electrons. The predicted octanol–water partition coefficient (Wildman–Crippen LogP) is -0.610. The third kappa shape index (κ3) is 5.46. The minimum atomic E-state index is -0.140. The average Bonchev–Trinajstić information content (AvgIpc) is 2.17. The van der Waals surface area contributed by atoms with Crippen molar-refractivity contribution in [1.82, 2.24) is 0 Å². The molecule has 0 saturated heterocycles. The van der Waals surface area contributed by atoms with Crippen LogP contribution in [0, 0.1) is 6.07 Å². The summed E-state index contributed by atoms with van der Waals surface area (Å²) in [6.07, 6.45) is -0.140. The van der Waals surface area contributed by atoms with Gasteiger partial charge in [0.15, 0.2) is 6.29 Å². The smallest absolute Gasteiger partial charge is 0.353 e. The molecule has 14 heavy (non-hydrogen) atoms. The molecule has 1 aromatic rings. The summed E-state index contributed by atoms with van der Waals surface area (Å²) in [5.74, 6) is 0. The van der Waals surface area contributed by atoms with Crippen LogP contribution < -0.4 is 18.9 Å². The van der Waals surface area contributed by atoms with Crippen LogP contribution >= 0.6 is 0 Å². The van der Waals surface area contributed by atoms with Crippen molar-refractivity contribution in [3.8, 4) is 0 Å². The molecular formula is C11H15LiO2. The summed E-state index contributed by atoms with van der Waals surface area (Å²) in [5, 5.41) is 0. The van der Waals surface area contributed by atoms with Gasteiger partial charge in [0.05, 0.1) is 6.61 Å². The zero-order valence-electron chi connectivity index (χ0n) is 9.12. The van der Waals surface area contributed by atoms with E-state index >= 15 is 0 Å². The fourth-order valence-electron chi connectivity index (χ4n) is 1.01. The quantitative estimate of drug-likeness (QED) is 0.347. The normalized spacial score (nSPS) is 11.9. The molecule has 0 aromatic heterocycles. The molecule has 1 unspecified atom stereocenters. The number of hydrogen-bond acceptors (Lipinski definition) is 2. The van der Waals surface area contributed by atoms with Gasteiger partial charge in [-0.05, 0) is 13.8 Å². The molecule has 1 atom stereocenters. The predicted molar refractivity (Wildman–Crippen MR) is 51.2 cm³/mol. The van der Waals surface area contributed by atoms with Gasteiger partial charge in [0.2, 0.25) is 0 Å². The Hall–Kier alpha value is -0.263. The Morgan fingerprint density at radius 1 is 1.36 bits per heavy atom. The first-order valence-electron chi connectivity index (χ1n) is 4.51. The number of benzene rings is 1. The third-order valence-corrected chi connectivity index (χ3v) is 1.65. The van der Waals surface area contributed by atoms with E-state index in [0.29, 0.717) is 13.2 Å². The first-order chi connectivity index (χ1) is 6.33. The molecule has 0 aliphatic rings. The Bertz CT molecular complexity index is 226. The summed E-state index contributed by atoms with van der Waals surface area (Å²) in [4.78, 5) is 0. The van der Waals surface area contributed by atoms with Gasteiger partial charge < -0.3 is 9.47 Å². The van der Waals surface area contributed by atoms with Gasteiger partial charge in [-0.25, -0.2) is 0 Å². The topological polar surface area (TPSA) is 18.5 Å². The van der Waals surface area contributed by atoms with E-state index in [2.05, 4.69) is 6.07 Å². The Balaban J connectivity index is 0.00000169. The SMILES string of the molecule is CCOC(C)OCc1[c-]cccc1.[Li+]. The minimum Gasteiger partial charge on any atom is -0.353 e. The second-order valence-corrected chi connectivity index (χ2v) is 2.72. The minimum absolute atomic E-state index is 0. The molecule has 0 spiro atoms. The summed E-state index contributed by atoms with van der Waals surface area (Å²) < 4.78 is 10.6. The number of ether oxygens (including phenoxy) is 2. The maximum atomic E-state index is 5.41. The van der Waals surface area contributed by atoms with Gasteiger partial charge >= 0.3 is 18.9 Å². The van der Waals surface area contributed by atoms with Crippen molar-refractivity contribution < 1.29 is 28.3 Å². The fraction of sp³-hybridized carbons (Fsp3) is 0.455. The Morgan fingerprint density at radius 2 is 2.14 bits per heavy atom. The van der Waals surface area contributed by atoms with E-state index < -0.39 is 0 Å². The van der Waals surface area contributed by atoms with E-state index in [0.717, 1.165) is 5.56 Å². The van der Waals surface area contributed by atoms with Crippen LogP contribution in [0.15, 0.2) is 24.3 Å². The van der Waals surface area contributed by atoms with Crippen LogP contribution in [0.2, 0.25) is 0 Å². The van der Waals surface area contributed by atoms with E-state index in [1.165, 1.54) is 0 Å². The summed E-state index contributed by atoms with van der Waals surface area (Å²) in [6, 6.07) is 10.9. The summed E-state index contributed by atoms with van der Waals surface area (Å²) in [7, 11) is 0. The molecule has 0 heterocycles. The first-order valence-corrected chi connectivity index (χ1v) is 4.51. The van der Waals surface area contributed by atoms with Gasteiger partial charge in [0.25, 0.3) is 0 Å². The third-order valence-electron chi connectivity index (χ3n) is 1.65. The molecule has 3 heteroatoms. The van der Waals surface area contributed by atoms with E-state index in [1.54, 1.807) is 0 Å². The maximum Gasteiger partial charge on any atom is 1.00 e. The monoisotopic (exact) mass is 186 g/mol. The Kier molecular flexibility index (Phi) is 7.93. The summed E-state index contributed by atoms with van der Waals surface area (Å²) >= 11 is 0. The molecule has 0 fully saturated rings. The van der Waals surface area contributed by atoms with Crippen molar-refractivity contribution in [3.63, 3.8) is 0 Å². The molecule has 0 bridgehead atoms.